The third-order valence-electron chi connectivity index (χ3n) is 2.03. The highest BCUT2D eigenvalue weighted by molar-refractivity contribution is 5.62. The van der Waals surface area contributed by atoms with E-state index in [1.165, 1.54) is 24.4 Å². The molecule has 0 aliphatic rings. The molecule has 0 atom stereocenters. The van der Waals surface area contributed by atoms with Gasteiger partial charge in [-0.3, -0.25) is 4.79 Å². The molecule has 0 fully saturated rings. The monoisotopic (exact) mass is 207 g/mol. The van der Waals surface area contributed by atoms with Crippen LogP contribution in [0, 0.1) is 11.6 Å². The highest BCUT2D eigenvalue weighted by Gasteiger charge is 2.07. The Bertz CT molecular complexity index is 548. The smallest absolute Gasteiger partial charge is 0.224 e. The minimum Gasteiger partial charge on any atom is -0.364 e. The molecule has 2 rings (SSSR count). The Morgan fingerprint density at radius 3 is 2.67 bits per heavy atom. The molecule has 0 aliphatic carbocycles. The molecule has 2 aromatic rings. The summed E-state index contributed by atoms with van der Waals surface area (Å²) >= 11 is 0. The predicted molar refractivity (Wildman–Crippen MR) is 52.4 cm³/mol. The van der Waals surface area contributed by atoms with Gasteiger partial charge in [-0.25, -0.2) is 8.78 Å². The predicted octanol–water partition coefficient (Wildman–Crippen LogP) is 2.32. The van der Waals surface area contributed by atoms with Crippen molar-refractivity contribution in [1.29, 1.82) is 0 Å². The van der Waals surface area contributed by atoms with Crippen LogP contribution in [-0.4, -0.2) is 4.98 Å². The zero-order valence-electron chi connectivity index (χ0n) is 7.63. The standard InChI is InChI=1S/C11H7F2NO/c12-8-3-1-2-7(4-8)9-5-14-6-10(13)11(9)15/h1-6H,(H,14,15). The van der Waals surface area contributed by atoms with Crippen molar-refractivity contribution in [2.24, 2.45) is 0 Å². The summed E-state index contributed by atoms with van der Waals surface area (Å²) in [6.07, 6.45) is 2.31. The maximum Gasteiger partial charge on any atom is 0.224 e. The van der Waals surface area contributed by atoms with E-state index in [0.29, 0.717) is 5.56 Å². The summed E-state index contributed by atoms with van der Waals surface area (Å²) in [5, 5.41) is 0. The number of hydrogen-bond acceptors (Lipinski definition) is 1. The summed E-state index contributed by atoms with van der Waals surface area (Å²) in [5.41, 5.74) is -0.260. The largest absolute Gasteiger partial charge is 0.364 e. The Morgan fingerprint density at radius 2 is 1.93 bits per heavy atom. The lowest BCUT2D eigenvalue weighted by molar-refractivity contribution is 0.611. The molecule has 1 N–H and O–H groups in total. The topological polar surface area (TPSA) is 32.9 Å². The summed E-state index contributed by atoms with van der Waals surface area (Å²) in [7, 11) is 0. The molecule has 1 aromatic carbocycles. The second-order valence-corrected chi connectivity index (χ2v) is 3.06. The quantitative estimate of drug-likeness (QED) is 0.764. The third-order valence-corrected chi connectivity index (χ3v) is 2.03. The van der Waals surface area contributed by atoms with Crippen LogP contribution in [0.25, 0.3) is 11.1 Å². The molecule has 15 heavy (non-hydrogen) atoms. The van der Waals surface area contributed by atoms with Crippen LogP contribution in [0.2, 0.25) is 0 Å². The van der Waals surface area contributed by atoms with Crippen molar-refractivity contribution < 1.29 is 8.78 Å². The lowest BCUT2D eigenvalue weighted by atomic mass is 10.1. The molecule has 1 heterocycles. The number of pyridine rings is 1. The SMILES string of the molecule is O=c1c(F)c[nH]cc1-c1cccc(F)c1. The number of nitrogens with one attached hydrogen (secondary N) is 1. The van der Waals surface area contributed by atoms with E-state index in [-0.39, 0.29) is 5.56 Å². The van der Waals surface area contributed by atoms with Crippen LogP contribution >= 0.6 is 0 Å². The first-order valence-corrected chi connectivity index (χ1v) is 4.31. The molecule has 4 heteroatoms. The molecule has 0 unspecified atom stereocenters. The van der Waals surface area contributed by atoms with Crippen LogP contribution in [-0.2, 0) is 0 Å². The number of halogens is 2. The van der Waals surface area contributed by atoms with Gasteiger partial charge in [-0.05, 0) is 17.7 Å². The zero-order chi connectivity index (χ0) is 10.8. The van der Waals surface area contributed by atoms with Crippen LogP contribution < -0.4 is 5.43 Å². The fourth-order valence-corrected chi connectivity index (χ4v) is 1.33. The van der Waals surface area contributed by atoms with Crippen molar-refractivity contribution in [3.63, 3.8) is 0 Å². The van der Waals surface area contributed by atoms with Gasteiger partial charge in [0.15, 0.2) is 5.82 Å². The Balaban J connectivity index is 2.65. The lowest BCUT2D eigenvalue weighted by Gasteiger charge is -2.00. The van der Waals surface area contributed by atoms with Gasteiger partial charge in [-0.1, -0.05) is 12.1 Å². The van der Waals surface area contributed by atoms with Crippen LogP contribution in [0.3, 0.4) is 0 Å². The molecule has 0 bridgehead atoms. The van der Waals surface area contributed by atoms with E-state index in [9.17, 15) is 13.6 Å². The van der Waals surface area contributed by atoms with Crippen LogP contribution in [0.15, 0.2) is 41.5 Å². The number of aromatic nitrogens is 1. The first-order chi connectivity index (χ1) is 7.18. The average molecular weight is 207 g/mol. The van der Waals surface area contributed by atoms with Crippen molar-refractivity contribution in [3.8, 4) is 11.1 Å². The van der Waals surface area contributed by atoms with E-state index in [1.54, 1.807) is 6.07 Å². The Hall–Kier alpha value is -1.97. The summed E-state index contributed by atoms with van der Waals surface area (Å²) in [6.45, 7) is 0. The second kappa shape index (κ2) is 3.65. The summed E-state index contributed by atoms with van der Waals surface area (Å²) < 4.78 is 25.8. The summed E-state index contributed by atoms with van der Waals surface area (Å²) in [6, 6.07) is 5.46. The minimum absolute atomic E-state index is 0.120. The maximum absolute atomic E-state index is 12.9. The maximum atomic E-state index is 12.9. The van der Waals surface area contributed by atoms with E-state index in [0.717, 1.165) is 6.20 Å². The van der Waals surface area contributed by atoms with Gasteiger partial charge in [0, 0.05) is 18.0 Å². The van der Waals surface area contributed by atoms with Gasteiger partial charge in [0.2, 0.25) is 5.43 Å². The number of benzene rings is 1. The first-order valence-electron chi connectivity index (χ1n) is 4.31. The van der Waals surface area contributed by atoms with Crippen molar-refractivity contribution in [1.82, 2.24) is 4.98 Å². The zero-order valence-corrected chi connectivity index (χ0v) is 7.63. The molecule has 0 radical (unpaired) electrons. The van der Waals surface area contributed by atoms with Gasteiger partial charge < -0.3 is 4.98 Å². The first kappa shape index (κ1) is 9.58. The van der Waals surface area contributed by atoms with Crippen molar-refractivity contribution >= 4 is 0 Å². The second-order valence-electron chi connectivity index (χ2n) is 3.06. The van der Waals surface area contributed by atoms with Crippen molar-refractivity contribution in [3.05, 3.63) is 58.5 Å². The van der Waals surface area contributed by atoms with Gasteiger partial charge in [0.1, 0.15) is 5.82 Å². The normalized spacial score (nSPS) is 10.3. The molecule has 0 saturated carbocycles. The fourth-order valence-electron chi connectivity index (χ4n) is 1.33. The molecule has 76 valence electrons. The average Bonchev–Trinajstić information content (AvgIpc) is 2.22. The van der Waals surface area contributed by atoms with Crippen molar-refractivity contribution in [2.45, 2.75) is 0 Å². The van der Waals surface area contributed by atoms with Crippen molar-refractivity contribution in [2.75, 3.05) is 0 Å². The Labute approximate surface area is 84.2 Å². The molecular formula is C11H7F2NO. The lowest BCUT2D eigenvalue weighted by Crippen LogP contribution is -2.09. The molecule has 0 saturated heterocycles. The highest BCUT2D eigenvalue weighted by atomic mass is 19.1. The van der Waals surface area contributed by atoms with Gasteiger partial charge in [0.05, 0.1) is 0 Å². The minimum atomic E-state index is -0.878. The van der Waals surface area contributed by atoms with E-state index in [1.807, 2.05) is 0 Å². The van der Waals surface area contributed by atoms with Crippen LogP contribution in [0.4, 0.5) is 8.78 Å². The van der Waals surface area contributed by atoms with Gasteiger partial charge in [-0.2, -0.15) is 0 Å². The third kappa shape index (κ3) is 1.79. The summed E-state index contributed by atoms with van der Waals surface area (Å²) in [5.74, 6) is -1.34. The molecule has 0 aliphatic heterocycles. The number of H-pyrrole nitrogens is 1. The highest BCUT2D eigenvalue weighted by Crippen LogP contribution is 2.15. The summed E-state index contributed by atoms with van der Waals surface area (Å²) in [4.78, 5) is 13.9. The van der Waals surface area contributed by atoms with Crippen LogP contribution in [0.5, 0.6) is 0 Å². The number of hydrogen-bond donors (Lipinski definition) is 1. The Morgan fingerprint density at radius 1 is 1.13 bits per heavy atom. The van der Waals surface area contributed by atoms with Gasteiger partial charge >= 0.3 is 0 Å². The van der Waals surface area contributed by atoms with E-state index < -0.39 is 17.1 Å². The van der Waals surface area contributed by atoms with E-state index in [2.05, 4.69) is 4.98 Å². The molecule has 1 aromatic heterocycles. The number of aromatic amines is 1. The molecule has 0 spiro atoms. The van der Waals surface area contributed by atoms with Gasteiger partial charge in [-0.15, -0.1) is 0 Å². The number of rotatable bonds is 1. The molecular weight excluding hydrogens is 200 g/mol. The van der Waals surface area contributed by atoms with Crippen LogP contribution in [0.1, 0.15) is 0 Å². The molecule has 0 amide bonds. The van der Waals surface area contributed by atoms with E-state index >= 15 is 0 Å². The Kier molecular flexibility index (Phi) is 2.33. The molecule has 2 nitrogen and oxygen atoms in total. The van der Waals surface area contributed by atoms with Gasteiger partial charge in [0.25, 0.3) is 0 Å². The fraction of sp³-hybridized carbons (Fsp3) is 0. The van der Waals surface area contributed by atoms with E-state index in [4.69, 9.17) is 0 Å².